The number of likely N-dealkylation sites (tertiary alicyclic amines) is 1. The summed E-state index contributed by atoms with van der Waals surface area (Å²) in [5.74, 6) is 0.305. The molecule has 1 N–H and O–H groups in total. The molecule has 9 nitrogen and oxygen atoms in total. The van der Waals surface area contributed by atoms with Crippen molar-refractivity contribution in [2.24, 2.45) is 0 Å². The summed E-state index contributed by atoms with van der Waals surface area (Å²) >= 11 is 0. The summed E-state index contributed by atoms with van der Waals surface area (Å²) in [7, 11) is 0. The van der Waals surface area contributed by atoms with E-state index >= 15 is 0 Å². The Morgan fingerprint density at radius 3 is 2.63 bits per heavy atom. The Kier molecular flexibility index (Phi) is 4.29. The van der Waals surface area contributed by atoms with E-state index in [1.807, 2.05) is 17.9 Å². The number of amides is 1. The second-order valence-corrected chi connectivity index (χ2v) is 7.16. The number of carbonyl (C=O) groups excluding carboxylic acids is 1. The van der Waals surface area contributed by atoms with E-state index < -0.39 is 0 Å². The zero-order valence-electron chi connectivity index (χ0n) is 15.7. The van der Waals surface area contributed by atoms with Gasteiger partial charge in [-0.3, -0.25) is 14.7 Å². The Morgan fingerprint density at radius 1 is 1.22 bits per heavy atom. The van der Waals surface area contributed by atoms with Crippen molar-refractivity contribution < 1.29 is 9.42 Å². The molecule has 0 radical (unpaired) electrons. The van der Waals surface area contributed by atoms with Gasteiger partial charge in [0.1, 0.15) is 11.4 Å². The molecule has 0 saturated carbocycles. The van der Waals surface area contributed by atoms with Gasteiger partial charge < -0.3 is 4.90 Å². The van der Waals surface area contributed by atoms with Crippen LogP contribution in [-0.4, -0.2) is 48.8 Å². The molecule has 4 heterocycles. The van der Waals surface area contributed by atoms with Crippen LogP contribution in [0.25, 0.3) is 5.65 Å². The summed E-state index contributed by atoms with van der Waals surface area (Å²) < 4.78 is 6.16. The Hall–Kier alpha value is -2.97. The van der Waals surface area contributed by atoms with Gasteiger partial charge in [-0.1, -0.05) is 10.3 Å². The fourth-order valence-electron chi connectivity index (χ4n) is 3.55. The molecule has 1 fully saturated rings. The molecule has 9 heteroatoms. The lowest BCUT2D eigenvalue weighted by molar-refractivity contribution is -0.131. The number of fused-ring (bicyclic) bond motifs is 1. The second kappa shape index (κ2) is 6.64. The van der Waals surface area contributed by atoms with E-state index in [2.05, 4.69) is 25.0 Å². The van der Waals surface area contributed by atoms with Crippen LogP contribution >= 0.6 is 0 Å². The van der Waals surface area contributed by atoms with Gasteiger partial charge in [0.25, 0.3) is 5.56 Å². The van der Waals surface area contributed by atoms with Gasteiger partial charge in [0.15, 0.2) is 5.65 Å². The molecule has 3 aromatic heterocycles. The highest BCUT2D eigenvalue weighted by atomic mass is 16.6. The summed E-state index contributed by atoms with van der Waals surface area (Å²) in [6.07, 6.45) is 1.88. The van der Waals surface area contributed by atoms with E-state index in [0.29, 0.717) is 35.7 Å². The minimum absolute atomic E-state index is 0.0352. The number of carbonyl (C=O) groups is 1. The topological polar surface area (TPSA) is 109 Å². The molecule has 27 heavy (non-hydrogen) atoms. The molecule has 0 unspecified atom stereocenters. The van der Waals surface area contributed by atoms with Gasteiger partial charge in [-0.2, -0.15) is 0 Å². The summed E-state index contributed by atoms with van der Waals surface area (Å²) in [4.78, 5) is 31.2. The Labute approximate surface area is 155 Å². The molecule has 1 aliphatic rings. The third-order valence-corrected chi connectivity index (χ3v) is 5.46. The number of piperidine rings is 1. The van der Waals surface area contributed by atoms with Crippen molar-refractivity contribution in [2.75, 3.05) is 13.1 Å². The molecule has 1 amide bonds. The number of H-pyrrole nitrogens is 1. The summed E-state index contributed by atoms with van der Waals surface area (Å²) in [5.41, 5.74) is 4.23. The first-order chi connectivity index (χ1) is 12.9. The van der Waals surface area contributed by atoms with Gasteiger partial charge in [0.05, 0.1) is 6.42 Å². The molecular weight excluding hydrogens is 348 g/mol. The summed E-state index contributed by atoms with van der Waals surface area (Å²) in [6.45, 7) is 6.75. The predicted octanol–water partition coefficient (Wildman–Crippen LogP) is 1.28. The van der Waals surface area contributed by atoms with Gasteiger partial charge >= 0.3 is 0 Å². The van der Waals surface area contributed by atoms with Crippen LogP contribution in [0.5, 0.6) is 0 Å². The highest BCUT2D eigenvalue weighted by molar-refractivity contribution is 5.78. The van der Waals surface area contributed by atoms with Gasteiger partial charge in [-0.05, 0) is 33.6 Å². The zero-order valence-corrected chi connectivity index (χ0v) is 15.7. The molecule has 0 bridgehead atoms. The molecular formula is C18H22N6O3. The number of hydrogen-bond donors (Lipinski definition) is 1. The molecule has 0 atom stereocenters. The van der Waals surface area contributed by atoms with Crippen LogP contribution in [-0.2, 0) is 11.2 Å². The van der Waals surface area contributed by atoms with Crippen molar-refractivity contribution in [3.8, 4) is 0 Å². The number of nitrogens with one attached hydrogen (secondary N) is 1. The highest BCUT2D eigenvalue weighted by Gasteiger charge is 2.26. The average Bonchev–Trinajstić information content (AvgIpc) is 3.26. The van der Waals surface area contributed by atoms with Crippen molar-refractivity contribution in [3.05, 3.63) is 44.8 Å². The van der Waals surface area contributed by atoms with E-state index in [1.165, 1.54) is 4.52 Å². The molecule has 0 spiro atoms. The first kappa shape index (κ1) is 17.4. The Balaban J connectivity index is 1.45. The van der Waals surface area contributed by atoms with Gasteiger partial charge in [0, 0.05) is 42.0 Å². The van der Waals surface area contributed by atoms with Gasteiger partial charge in [-0.15, -0.1) is 0 Å². The molecule has 4 rings (SSSR count). The number of nitrogens with zero attached hydrogens (tertiary/aromatic N) is 5. The number of aryl methyl sites for hydroxylation is 2. The third-order valence-electron chi connectivity index (χ3n) is 5.46. The van der Waals surface area contributed by atoms with Crippen LogP contribution in [0, 0.1) is 20.8 Å². The van der Waals surface area contributed by atoms with Gasteiger partial charge in [-0.25, -0.2) is 14.1 Å². The maximum atomic E-state index is 12.5. The van der Waals surface area contributed by atoms with Crippen molar-refractivity contribution >= 4 is 11.6 Å². The highest BCUT2D eigenvalue weighted by Crippen LogP contribution is 2.27. The standard InChI is InChI=1S/C18H22N6O3/c1-10-11(2)19-16-8-15(20-24(16)18(10)26)13-4-6-23(7-5-13)17(25)9-14-12(3)21-27-22-14/h8,13,20H,4-7,9H2,1-3H3. The van der Waals surface area contributed by atoms with Crippen molar-refractivity contribution in [2.45, 2.75) is 46.0 Å². The van der Waals surface area contributed by atoms with Crippen molar-refractivity contribution in [1.82, 2.24) is 29.8 Å². The maximum absolute atomic E-state index is 12.5. The van der Waals surface area contributed by atoms with Crippen LogP contribution in [0.3, 0.4) is 0 Å². The van der Waals surface area contributed by atoms with E-state index in [4.69, 9.17) is 0 Å². The van der Waals surface area contributed by atoms with E-state index in [-0.39, 0.29) is 23.8 Å². The third kappa shape index (κ3) is 3.13. The maximum Gasteiger partial charge on any atom is 0.275 e. The van der Waals surface area contributed by atoms with Crippen molar-refractivity contribution in [3.63, 3.8) is 0 Å². The second-order valence-electron chi connectivity index (χ2n) is 7.16. The lowest BCUT2D eigenvalue weighted by Crippen LogP contribution is -2.39. The average molecular weight is 370 g/mol. The van der Waals surface area contributed by atoms with E-state index in [1.54, 1.807) is 13.8 Å². The first-order valence-corrected chi connectivity index (χ1v) is 9.08. The van der Waals surface area contributed by atoms with Crippen LogP contribution in [0.1, 0.15) is 47.1 Å². The van der Waals surface area contributed by atoms with E-state index in [9.17, 15) is 9.59 Å². The van der Waals surface area contributed by atoms with Crippen LogP contribution in [0.15, 0.2) is 15.5 Å². The van der Waals surface area contributed by atoms with Crippen LogP contribution in [0.2, 0.25) is 0 Å². The zero-order chi connectivity index (χ0) is 19.1. The van der Waals surface area contributed by atoms with Crippen LogP contribution in [0.4, 0.5) is 0 Å². The van der Waals surface area contributed by atoms with Crippen molar-refractivity contribution in [1.29, 1.82) is 0 Å². The number of rotatable bonds is 3. The molecule has 0 aromatic carbocycles. The van der Waals surface area contributed by atoms with Gasteiger partial charge in [0.2, 0.25) is 5.91 Å². The Morgan fingerprint density at radius 2 is 1.96 bits per heavy atom. The fourth-order valence-corrected chi connectivity index (χ4v) is 3.55. The summed E-state index contributed by atoms with van der Waals surface area (Å²) in [6, 6.07) is 1.94. The SMILES string of the molecule is Cc1nonc1CC(=O)N1CCC(c2cc3nc(C)c(C)c(=O)n3[nH]2)CC1. The minimum Gasteiger partial charge on any atom is -0.342 e. The molecule has 3 aromatic rings. The predicted molar refractivity (Wildman–Crippen MR) is 96.6 cm³/mol. The smallest absolute Gasteiger partial charge is 0.275 e. The van der Waals surface area contributed by atoms with E-state index in [0.717, 1.165) is 24.2 Å². The Bertz CT molecular complexity index is 1050. The minimum atomic E-state index is -0.0621. The monoisotopic (exact) mass is 370 g/mol. The normalized spacial score (nSPS) is 15.6. The largest absolute Gasteiger partial charge is 0.342 e. The quantitative estimate of drug-likeness (QED) is 0.744. The van der Waals surface area contributed by atoms with Crippen LogP contribution < -0.4 is 5.56 Å². The lowest BCUT2D eigenvalue weighted by atomic mass is 9.93. The number of hydrogen-bond acceptors (Lipinski definition) is 6. The fraction of sp³-hybridized carbons (Fsp3) is 0.500. The molecule has 1 saturated heterocycles. The molecule has 1 aliphatic heterocycles. The molecule has 0 aliphatic carbocycles. The summed E-state index contributed by atoms with van der Waals surface area (Å²) in [5, 5.41) is 10.7. The molecule has 142 valence electrons. The first-order valence-electron chi connectivity index (χ1n) is 9.08. The number of aromatic amines is 1. The lowest BCUT2D eigenvalue weighted by Gasteiger charge is -2.31. The number of aromatic nitrogens is 5.